The summed E-state index contributed by atoms with van der Waals surface area (Å²) in [5.74, 6) is 0.763. The number of amides is 1. The first-order valence-corrected chi connectivity index (χ1v) is 6.51. The molecule has 0 unspecified atom stereocenters. The fraction of sp³-hybridized carbons (Fsp3) is 0.417. The quantitative estimate of drug-likeness (QED) is 0.826. The van der Waals surface area contributed by atoms with E-state index in [0.29, 0.717) is 32.1 Å². The van der Waals surface area contributed by atoms with E-state index in [9.17, 15) is 9.90 Å². The zero-order valence-electron chi connectivity index (χ0n) is 9.46. The number of morpholine rings is 1. The van der Waals surface area contributed by atoms with Crippen molar-refractivity contribution in [2.75, 3.05) is 32.1 Å². The number of carbonyl (C=O) groups excluding carboxylic acids is 1. The van der Waals surface area contributed by atoms with Crippen LogP contribution in [0.2, 0.25) is 0 Å². The molecule has 1 fully saturated rings. The molecule has 1 N–H and O–H groups in total. The minimum atomic E-state index is 0.127. The van der Waals surface area contributed by atoms with Crippen molar-refractivity contribution in [1.29, 1.82) is 0 Å². The summed E-state index contributed by atoms with van der Waals surface area (Å²) in [4.78, 5) is 14.6. The number of aromatic hydroxyl groups is 1. The van der Waals surface area contributed by atoms with Gasteiger partial charge in [0.25, 0.3) is 0 Å². The second-order valence-corrected chi connectivity index (χ2v) is 4.83. The zero-order chi connectivity index (χ0) is 12.1. The molecule has 0 aromatic heterocycles. The summed E-state index contributed by atoms with van der Waals surface area (Å²) < 4.78 is 5.19. The normalized spacial score (nSPS) is 15.9. The number of hydrogen-bond donors (Lipinski definition) is 1. The van der Waals surface area contributed by atoms with E-state index in [1.54, 1.807) is 18.2 Å². The number of thioether (sulfide) groups is 1. The van der Waals surface area contributed by atoms with Crippen molar-refractivity contribution in [3.8, 4) is 5.75 Å². The van der Waals surface area contributed by atoms with E-state index in [2.05, 4.69) is 0 Å². The Bertz CT molecular complexity index is 391. The van der Waals surface area contributed by atoms with Gasteiger partial charge in [-0.05, 0) is 18.2 Å². The van der Waals surface area contributed by atoms with Crippen molar-refractivity contribution in [3.05, 3.63) is 24.3 Å². The van der Waals surface area contributed by atoms with Crippen LogP contribution < -0.4 is 0 Å². The van der Waals surface area contributed by atoms with Crippen LogP contribution in [0.1, 0.15) is 0 Å². The smallest absolute Gasteiger partial charge is 0.233 e. The summed E-state index contributed by atoms with van der Waals surface area (Å²) >= 11 is 1.44. The zero-order valence-corrected chi connectivity index (χ0v) is 10.3. The summed E-state index contributed by atoms with van der Waals surface area (Å²) in [7, 11) is 0. The van der Waals surface area contributed by atoms with Gasteiger partial charge in [0.05, 0.1) is 19.0 Å². The molecule has 0 saturated carbocycles. The van der Waals surface area contributed by atoms with Gasteiger partial charge >= 0.3 is 0 Å². The average molecular weight is 253 g/mol. The van der Waals surface area contributed by atoms with Crippen molar-refractivity contribution < 1.29 is 14.6 Å². The second kappa shape index (κ2) is 5.93. The van der Waals surface area contributed by atoms with Crippen LogP contribution >= 0.6 is 11.8 Å². The van der Waals surface area contributed by atoms with Gasteiger partial charge < -0.3 is 14.7 Å². The summed E-state index contributed by atoms with van der Waals surface area (Å²) in [6.45, 7) is 2.62. The Labute approximate surface area is 105 Å². The van der Waals surface area contributed by atoms with E-state index in [1.807, 2.05) is 11.0 Å². The third-order valence-electron chi connectivity index (χ3n) is 2.54. The minimum absolute atomic E-state index is 0.127. The molecule has 92 valence electrons. The minimum Gasteiger partial charge on any atom is -0.508 e. The van der Waals surface area contributed by atoms with Gasteiger partial charge in [0.15, 0.2) is 0 Å². The topological polar surface area (TPSA) is 49.8 Å². The van der Waals surface area contributed by atoms with Crippen LogP contribution in [-0.2, 0) is 9.53 Å². The fourth-order valence-corrected chi connectivity index (χ4v) is 2.47. The number of carbonyl (C=O) groups is 1. The van der Waals surface area contributed by atoms with E-state index in [4.69, 9.17) is 4.74 Å². The lowest BCUT2D eigenvalue weighted by molar-refractivity contribution is -0.132. The second-order valence-electron chi connectivity index (χ2n) is 3.78. The van der Waals surface area contributed by atoms with Crippen LogP contribution in [0.4, 0.5) is 0 Å². The maximum Gasteiger partial charge on any atom is 0.233 e. The molecule has 1 aromatic rings. The molecule has 4 nitrogen and oxygen atoms in total. The number of benzene rings is 1. The Morgan fingerprint density at radius 2 is 2.18 bits per heavy atom. The molecule has 1 aliphatic rings. The first-order valence-electron chi connectivity index (χ1n) is 5.53. The summed E-state index contributed by atoms with van der Waals surface area (Å²) in [6.07, 6.45) is 0. The highest BCUT2D eigenvalue weighted by Crippen LogP contribution is 2.22. The lowest BCUT2D eigenvalue weighted by Gasteiger charge is -2.26. The lowest BCUT2D eigenvalue weighted by Crippen LogP contribution is -2.41. The van der Waals surface area contributed by atoms with E-state index in [0.717, 1.165) is 4.90 Å². The highest BCUT2D eigenvalue weighted by molar-refractivity contribution is 8.00. The van der Waals surface area contributed by atoms with Gasteiger partial charge in [0.1, 0.15) is 5.75 Å². The van der Waals surface area contributed by atoms with Gasteiger partial charge in [-0.1, -0.05) is 6.07 Å². The monoisotopic (exact) mass is 253 g/mol. The number of hydrogen-bond acceptors (Lipinski definition) is 4. The maximum absolute atomic E-state index is 11.8. The molecule has 1 saturated heterocycles. The highest BCUT2D eigenvalue weighted by Gasteiger charge is 2.16. The molecule has 0 bridgehead atoms. The molecule has 1 aromatic carbocycles. The number of nitrogens with zero attached hydrogens (tertiary/aromatic N) is 1. The molecule has 0 aliphatic carbocycles. The van der Waals surface area contributed by atoms with Crippen LogP contribution in [0.15, 0.2) is 29.2 Å². The number of rotatable bonds is 3. The van der Waals surface area contributed by atoms with Gasteiger partial charge in [0.2, 0.25) is 5.91 Å². The van der Waals surface area contributed by atoms with E-state index in [-0.39, 0.29) is 11.7 Å². The SMILES string of the molecule is O=C(CSc1cccc(O)c1)N1CCOCC1. The molecular weight excluding hydrogens is 238 g/mol. The van der Waals surface area contributed by atoms with Crippen molar-refractivity contribution in [2.24, 2.45) is 0 Å². The average Bonchev–Trinajstić information content (AvgIpc) is 2.37. The van der Waals surface area contributed by atoms with Gasteiger partial charge in [-0.2, -0.15) is 0 Å². The molecule has 5 heteroatoms. The van der Waals surface area contributed by atoms with Crippen molar-refractivity contribution in [1.82, 2.24) is 4.90 Å². The summed E-state index contributed by atoms with van der Waals surface area (Å²) in [6, 6.07) is 6.94. The fourth-order valence-electron chi connectivity index (χ4n) is 1.62. The summed E-state index contributed by atoms with van der Waals surface area (Å²) in [5, 5.41) is 9.30. The first kappa shape index (κ1) is 12.3. The molecule has 1 amide bonds. The van der Waals surface area contributed by atoms with Crippen molar-refractivity contribution in [3.63, 3.8) is 0 Å². The van der Waals surface area contributed by atoms with Gasteiger partial charge in [-0.15, -0.1) is 11.8 Å². The Morgan fingerprint density at radius 1 is 1.41 bits per heavy atom. The molecule has 0 spiro atoms. The van der Waals surface area contributed by atoms with E-state index >= 15 is 0 Å². The Kier molecular flexibility index (Phi) is 4.28. The van der Waals surface area contributed by atoms with Crippen LogP contribution in [0.3, 0.4) is 0 Å². The number of phenols is 1. The highest BCUT2D eigenvalue weighted by atomic mass is 32.2. The standard InChI is InChI=1S/C12H15NO3S/c14-10-2-1-3-11(8-10)17-9-12(15)13-4-6-16-7-5-13/h1-3,8,14H,4-7,9H2. The Hall–Kier alpha value is -1.20. The van der Waals surface area contributed by atoms with E-state index in [1.165, 1.54) is 11.8 Å². The first-order chi connectivity index (χ1) is 8.25. The van der Waals surface area contributed by atoms with Crippen LogP contribution in [0.5, 0.6) is 5.75 Å². The van der Waals surface area contributed by atoms with Crippen LogP contribution in [0, 0.1) is 0 Å². The van der Waals surface area contributed by atoms with Gasteiger partial charge in [-0.3, -0.25) is 4.79 Å². The van der Waals surface area contributed by atoms with Gasteiger partial charge in [-0.25, -0.2) is 0 Å². The van der Waals surface area contributed by atoms with Crippen molar-refractivity contribution in [2.45, 2.75) is 4.90 Å². The summed E-state index contributed by atoms with van der Waals surface area (Å²) in [5.41, 5.74) is 0. The molecule has 1 heterocycles. The molecule has 1 aliphatic heterocycles. The number of phenolic OH excluding ortho intramolecular Hbond substituents is 1. The molecular formula is C12H15NO3S. The molecule has 0 atom stereocenters. The third-order valence-corrected chi connectivity index (χ3v) is 3.52. The third kappa shape index (κ3) is 3.64. The van der Waals surface area contributed by atoms with Gasteiger partial charge in [0, 0.05) is 18.0 Å². The largest absolute Gasteiger partial charge is 0.508 e. The Balaban J connectivity index is 1.83. The molecule has 2 rings (SSSR count). The molecule has 17 heavy (non-hydrogen) atoms. The lowest BCUT2D eigenvalue weighted by atomic mass is 10.3. The van der Waals surface area contributed by atoms with Crippen molar-refractivity contribution >= 4 is 17.7 Å². The predicted molar refractivity (Wildman–Crippen MR) is 66.2 cm³/mol. The number of ether oxygens (including phenoxy) is 1. The predicted octanol–water partition coefficient (Wildman–Crippen LogP) is 1.34. The molecule has 0 radical (unpaired) electrons. The Morgan fingerprint density at radius 3 is 2.88 bits per heavy atom. The van der Waals surface area contributed by atoms with Crippen LogP contribution in [0.25, 0.3) is 0 Å². The van der Waals surface area contributed by atoms with Crippen LogP contribution in [-0.4, -0.2) is 48.0 Å². The maximum atomic E-state index is 11.8. The van der Waals surface area contributed by atoms with E-state index < -0.39 is 0 Å².